The molecule has 0 heterocycles. The van der Waals surface area contributed by atoms with Crippen molar-refractivity contribution in [2.24, 2.45) is 0 Å². The molecule has 0 spiro atoms. The van der Waals surface area contributed by atoms with Gasteiger partial charge >= 0.3 is 0 Å². The second kappa shape index (κ2) is 3.55. The largest absolute Gasteiger partial charge is 0.386 e. The van der Waals surface area contributed by atoms with Crippen molar-refractivity contribution in [1.82, 2.24) is 0 Å². The zero-order chi connectivity index (χ0) is 9.03. The molecule has 0 aliphatic rings. The van der Waals surface area contributed by atoms with E-state index in [1.54, 1.807) is 13.0 Å². The quantitative estimate of drug-likeness (QED) is 0.675. The first-order valence-electron chi connectivity index (χ1n) is 4.04. The first kappa shape index (κ1) is 9.01. The Balaban J connectivity index is 2.70. The second-order valence-electron chi connectivity index (χ2n) is 3.22. The van der Waals surface area contributed by atoms with Gasteiger partial charge in [-0.25, -0.2) is 0 Å². The molecule has 1 aromatic rings. The topological polar surface area (TPSA) is 20.2 Å². The van der Waals surface area contributed by atoms with Crippen LogP contribution in [0.2, 0.25) is 0 Å². The van der Waals surface area contributed by atoms with Crippen LogP contribution in [0.1, 0.15) is 12.5 Å². The molecule has 0 aliphatic carbocycles. The number of aliphatic hydroxyl groups is 1. The molecular weight excluding hydrogens is 148 g/mol. The predicted octanol–water partition coefficient (Wildman–Crippen LogP) is 2.17. The molecule has 0 saturated carbocycles. The summed E-state index contributed by atoms with van der Waals surface area (Å²) in [6.07, 6.45) is 2.19. The van der Waals surface area contributed by atoms with E-state index in [1.165, 1.54) is 0 Å². The van der Waals surface area contributed by atoms with Crippen molar-refractivity contribution in [3.8, 4) is 0 Å². The lowest BCUT2D eigenvalue weighted by molar-refractivity contribution is 0.113. The Morgan fingerprint density at radius 1 is 1.42 bits per heavy atom. The van der Waals surface area contributed by atoms with Gasteiger partial charge < -0.3 is 5.11 Å². The number of hydrogen-bond acceptors (Lipinski definition) is 1. The molecule has 1 N–H and O–H groups in total. The summed E-state index contributed by atoms with van der Waals surface area (Å²) >= 11 is 0. The lowest BCUT2D eigenvalue weighted by atomic mass is 9.97. The third kappa shape index (κ3) is 2.51. The first-order valence-corrected chi connectivity index (χ1v) is 4.04. The Morgan fingerprint density at radius 3 is 2.50 bits per heavy atom. The van der Waals surface area contributed by atoms with E-state index in [2.05, 4.69) is 6.58 Å². The average Bonchev–Trinajstić information content (AvgIpc) is 2.06. The molecule has 12 heavy (non-hydrogen) atoms. The van der Waals surface area contributed by atoms with Crippen LogP contribution in [0.5, 0.6) is 0 Å². The van der Waals surface area contributed by atoms with Gasteiger partial charge in [0.2, 0.25) is 0 Å². The van der Waals surface area contributed by atoms with Crippen molar-refractivity contribution in [3.63, 3.8) is 0 Å². The molecule has 0 aromatic heterocycles. The van der Waals surface area contributed by atoms with Crippen molar-refractivity contribution < 1.29 is 5.11 Å². The summed E-state index contributed by atoms with van der Waals surface area (Å²) < 4.78 is 0. The molecule has 1 heteroatoms. The summed E-state index contributed by atoms with van der Waals surface area (Å²) in [5.41, 5.74) is 0.337. The van der Waals surface area contributed by atoms with E-state index in [0.717, 1.165) is 5.56 Å². The number of hydrogen-bond donors (Lipinski definition) is 1. The molecule has 0 fully saturated rings. The zero-order valence-electron chi connectivity index (χ0n) is 7.33. The van der Waals surface area contributed by atoms with Crippen LogP contribution in [-0.4, -0.2) is 10.7 Å². The van der Waals surface area contributed by atoms with Gasteiger partial charge in [0.1, 0.15) is 0 Å². The van der Waals surface area contributed by atoms with Crippen molar-refractivity contribution in [3.05, 3.63) is 48.6 Å². The van der Waals surface area contributed by atoms with Gasteiger partial charge in [0.05, 0.1) is 5.60 Å². The standard InChI is InChI=1S/C11H14O/c1-3-11(2,12)9-10-7-5-4-6-8-10/h3-8,12H,1,9H2,2H3. The van der Waals surface area contributed by atoms with E-state index in [4.69, 9.17) is 0 Å². The summed E-state index contributed by atoms with van der Waals surface area (Å²) in [6, 6.07) is 9.89. The minimum absolute atomic E-state index is 0.622. The van der Waals surface area contributed by atoms with Crippen molar-refractivity contribution in [1.29, 1.82) is 0 Å². The Labute approximate surface area is 73.4 Å². The smallest absolute Gasteiger partial charge is 0.0837 e. The highest BCUT2D eigenvalue weighted by atomic mass is 16.3. The Bertz CT molecular complexity index is 249. The van der Waals surface area contributed by atoms with Crippen LogP contribution in [0.4, 0.5) is 0 Å². The van der Waals surface area contributed by atoms with Crippen molar-refractivity contribution >= 4 is 0 Å². The predicted molar refractivity (Wildman–Crippen MR) is 51.0 cm³/mol. The van der Waals surface area contributed by atoms with E-state index in [9.17, 15) is 5.11 Å². The van der Waals surface area contributed by atoms with Crippen molar-refractivity contribution in [2.75, 3.05) is 0 Å². The molecular formula is C11H14O. The molecule has 0 saturated heterocycles. The highest BCUT2D eigenvalue weighted by molar-refractivity contribution is 5.18. The average molecular weight is 162 g/mol. The van der Waals surface area contributed by atoms with Crippen LogP contribution in [0, 0.1) is 0 Å². The molecule has 0 aliphatic heterocycles. The van der Waals surface area contributed by atoms with E-state index in [1.807, 2.05) is 30.3 Å². The normalized spacial score (nSPS) is 15.2. The fourth-order valence-electron chi connectivity index (χ4n) is 1.08. The van der Waals surface area contributed by atoms with E-state index in [0.29, 0.717) is 6.42 Å². The molecule has 64 valence electrons. The molecule has 1 unspecified atom stereocenters. The van der Waals surface area contributed by atoms with Crippen molar-refractivity contribution in [2.45, 2.75) is 18.9 Å². The summed E-state index contributed by atoms with van der Waals surface area (Å²) in [5, 5.41) is 9.66. The zero-order valence-corrected chi connectivity index (χ0v) is 7.33. The fourth-order valence-corrected chi connectivity index (χ4v) is 1.08. The summed E-state index contributed by atoms with van der Waals surface area (Å²) in [7, 11) is 0. The molecule has 0 radical (unpaired) electrons. The Kier molecular flexibility index (Phi) is 2.66. The summed E-state index contributed by atoms with van der Waals surface area (Å²) in [4.78, 5) is 0. The van der Waals surface area contributed by atoms with Crippen LogP contribution in [-0.2, 0) is 6.42 Å². The summed E-state index contributed by atoms with van der Waals surface area (Å²) in [5.74, 6) is 0. The second-order valence-corrected chi connectivity index (χ2v) is 3.22. The lowest BCUT2D eigenvalue weighted by Gasteiger charge is -2.17. The summed E-state index contributed by atoms with van der Waals surface area (Å²) in [6.45, 7) is 5.34. The Morgan fingerprint density at radius 2 is 2.00 bits per heavy atom. The van der Waals surface area contributed by atoms with Gasteiger partial charge in [0.15, 0.2) is 0 Å². The SMILES string of the molecule is C=CC(C)(O)Cc1ccccc1. The molecule has 0 bridgehead atoms. The third-order valence-electron chi connectivity index (χ3n) is 1.84. The van der Waals surface area contributed by atoms with Gasteiger partial charge in [-0.05, 0) is 12.5 Å². The monoisotopic (exact) mass is 162 g/mol. The third-order valence-corrected chi connectivity index (χ3v) is 1.84. The maximum atomic E-state index is 9.66. The minimum Gasteiger partial charge on any atom is -0.386 e. The molecule has 1 rings (SSSR count). The maximum absolute atomic E-state index is 9.66. The number of benzene rings is 1. The number of rotatable bonds is 3. The van der Waals surface area contributed by atoms with Crippen LogP contribution in [0.15, 0.2) is 43.0 Å². The van der Waals surface area contributed by atoms with E-state index < -0.39 is 5.60 Å². The van der Waals surface area contributed by atoms with Gasteiger partial charge in [0, 0.05) is 6.42 Å². The fraction of sp³-hybridized carbons (Fsp3) is 0.273. The lowest BCUT2D eigenvalue weighted by Crippen LogP contribution is -2.23. The van der Waals surface area contributed by atoms with Gasteiger partial charge in [0.25, 0.3) is 0 Å². The molecule has 0 amide bonds. The van der Waals surface area contributed by atoms with Gasteiger partial charge in [-0.2, -0.15) is 0 Å². The highest BCUT2D eigenvalue weighted by Gasteiger charge is 2.15. The van der Waals surface area contributed by atoms with Crippen LogP contribution in [0.25, 0.3) is 0 Å². The molecule has 1 nitrogen and oxygen atoms in total. The van der Waals surface area contributed by atoms with Crippen LogP contribution < -0.4 is 0 Å². The maximum Gasteiger partial charge on any atom is 0.0837 e. The first-order chi connectivity index (χ1) is 5.64. The Hall–Kier alpha value is -1.08. The van der Waals surface area contributed by atoms with Gasteiger partial charge in [-0.1, -0.05) is 36.4 Å². The van der Waals surface area contributed by atoms with Gasteiger partial charge in [-0.15, -0.1) is 6.58 Å². The van der Waals surface area contributed by atoms with E-state index in [-0.39, 0.29) is 0 Å². The highest BCUT2D eigenvalue weighted by Crippen LogP contribution is 2.13. The van der Waals surface area contributed by atoms with Gasteiger partial charge in [-0.3, -0.25) is 0 Å². The van der Waals surface area contributed by atoms with E-state index >= 15 is 0 Å². The van der Waals surface area contributed by atoms with Crippen LogP contribution in [0.3, 0.4) is 0 Å². The van der Waals surface area contributed by atoms with Crippen LogP contribution >= 0.6 is 0 Å². The minimum atomic E-state index is -0.790. The molecule has 1 aromatic carbocycles. The molecule has 1 atom stereocenters.